The van der Waals surface area contributed by atoms with Gasteiger partial charge in [0.15, 0.2) is 0 Å². The number of amides is 1. The van der Waals surface area contributed by atoms with E-state index in [1.807, 2.05) is 37.3 Å². The number of carbonyl (C=O) groups is 1. The maximum absolute atomic E-state index is 11.9. The van der Waals surface area contributed by atoms with Gasteiger partial charge < -0.3 is 4.74 Å². The van der Waals surface area contributed by atoms with Crippen LogP contribution in [0.25, 0.3) is 0 Å². The van der Waals surface area contributed by atoms with E-state index in [2.05, 4.69) is 26.5 Å². The average molecular weight is 347 g/mol. The van der Waals surface area contributed by atoms with Gasteiger partial charge in [0.2, 0.25) is 0 Å². The molecule has 2 aromatic carbocycles. The normalized spacial score (nSPS) is 10.6. The summed E-state index contributed by atoms with van der Waals surface area (Å²) in [7, 11) is 1.61. The standard InChI is InChI=1S/C16H15BrN2O2/c1-11-3-6-13(9-15(11)17)16(20)19-18-10-12-4-7-14(21-2)8-5-12/h3-10H,1-2H3,(H,19,20)/b18-10+. The van der Waals surface area contributed by atoms with Crippen LogP contribution in [0.3, 0.4) is 0 Å². The predicted octanol–water partition coefficient (Wildman–Crippen LogP) is 3.53. The monoisotopic (exact) mass is 346 g/mol. The van der Waals surface area contributed by atoms with Crippen LogP contribution < -0.4 is 10.2 Å². The van der Waals surface area contributed by atoms with E-state index in [9.17, 15) is 4.79 Å². The lowest BCUT2D eigenvalue weighted by atomic mass is 10.1. The number of nitrogens with zero attached hydrogens (tertiary/aromatic N) is 1. The predicted molar refractivity (Wildman–Crippen MR) is 86.9 cm³/mol. The maximum Gasteiger partial charge on any atom is 0.271 e. The largest absolute Gasteiger partial charge is 0.497 e. The van der Waals surface area contributed by atoms with E-state index in [4.69, 9.17) is 4.74 Å². The van der Waals surface area contributed by atoms with E-state index < -0.39 is 0 Å². The molecule has 0 aliphatic rings. The van der Waals surface area contributed by atoms with Crippen LogP contribution in [0.4, 0.5) is 0 Å². The van der Waals surface area contributed by atoms with Crippen molar-refractivity contribution in [3.05, 3.63) is 63.6 Å². The highest BCUT2D eigenvalue weighted by Gasteiger charge is 2.05. The Labute approximate surface area is 132 Å². The van der Waals surface area contributed by atoms with Crippen LogP contribution in [0.1, 0.15) is 21.5 Å². The minimum absolute atomic E-state index is 0.250. The maximum atomic E-state index is 11.9. The molecule has 0 aliphatic heterocycles. The van der Waals surface area contributed by atoms with Crippen molar-refractivity contribution >= 4 is 28.1 Å². The number of ether oxygens (including phenoxy) is 1. The van der Waals surface area contributed by atoms with Gasteiger partial charge in [-0.3, -0.25) is 4.79 Å². The molecule has 1 N–H and O–H groups in total. The number of methoxy groups -OCH3 is 1. The van der Waals surface area contributed by atoms with Crippen LogP contribution in [0, 0.1) is 6.92 Å². The molecule has 0 radical (unpaired) electrons. The van der Waals surface area contributed by atoms with Crippen LogP contribution in [0.5, 0.6) is 5.75 Å². The Bertz CT molecular complexity index is 666. The number of nitrogens with one attached hydrogen (secondary N) is 1. The molecular weight excluding hydrogens is 332 g/mol. The Hall–Kier alpha value is -2.14. The van der Waals surface area contributed by atoms with Gasteiger partial charge >= 0.3 is 0 Å². The Morgan fingerprint density at radius 1 is 1.24 bits per heavy atom. The van der Waals surface area contributed by atoms with Crippen molar-refractivity contribution in [1.82, 2.24) is 5.43 Å². The molecule has 21 heavy (non-hydrogen) atoms. The second kappa shape index (κ2) is 7.04. The Kier molecular flexibility index (Phi) is 5.11. The molecule has 0 aliphatic carbocycles. The second-order valence-electron chi connectivity index (χ2n) is 4.44. The molecule has 0 aromatic heterocycles. The van der Waals surface area contributed by atoms with E-state index >= 15 is 0 Å². The van der Waals surface area contributed by atoms with Crippen molar-refractivity contribution in [3.8, 4) is 5.75 Å². The molecule has 0 unspecified atom stereocenters. The van der Waals surface area contributed by atoms with Crippen molar-refractivity contribution in [1.29, 1.82) is 0 Å². The first-order chi connectivity index (χ1) is 10.1. The smallest absolute Gasteiger partial charge is 0.271 e. The molecule has 0 heterocycles. The average Bonchev–Trinajstić information content (AvgIpc) is 2.50. The van der Waals surface area contributed by atoms with Crippen molar-refractivity contribution in [2.45, 2.75) is 6.92 Å². The van der Waals surface area contributed by atoms with Crippen LogP contribution in [0.2, 0.25) is 0 Å². The van der Waals surface area contributed by atoms with Crippen LogP contribution in [-0.2, 0) is 0 Å². The molecule has 108 valence electrons. The Balaban J connectivity index is 1.99. The molecule has 0 saturated heterocycles. The third-order valence-electron chi connectivity index (χ3n) is 2.93. The van der Waals surface area contributed by atoms with Gasteiger partial charge in [-0.1, -0.05) is 22.0 Å². The van der Waals surface area contributed by atoms with Crippen molar-refractivity contribution in [2.24, 2.45) is 5.10 Å². The summed E-state index contributed by atoms with van der Waals surface area (Å²) in [5.74, 6) is 0.529. The van der Waals surface area contributed by atoms with E-state index in [1.54, 1.807) is 25.5 Å². The first kappa shape index (κ1) is 15.3. The molecule has 0 bridgehead atoms. The molecule has 2 aromatic rings. The zero-order chi connectivity index (χ0) is 15.2. The molecule has 0 atom stereocenters. The van der Waals surface area contributed by atoms with E-state index in [1.165, 1.54) is 0 Å². The summed E-state index contributed by atoms with van der Waals surface area (Å²) in [6, 6.07) is 12.8. The van der Waals surface area contributed by atoms with Gasteiger partial charge in [-0.25, -0.2) is 5.43 Å². The number of hydrazone groups is 1. The topological polar surface area (TPSA) is 50.7 Å². The van der Waals surface area contributed by atoms with Gasteiger partial charge in [0.05, 0.1) is 13.3 Å². The number of halogens is 1. The summed E-state index contributed by atoms with van der Waals surface area (Å²) in [4.78, 5) is 11.9. The molecule has 1 amide bonds. The number of aryl methyl sites for hydroxylation is 1. The summed E-state index contributed by atoms with van der Waals surface area (Å²) in [5, 5.41) is 3.94. The van der Waals surface area contributed by atoms with Gasteiger partial charge in [-0.15, -0.1) is 0 Å². The minimum atomic E-state index is -0.250. The first-order valence-corrected chi connectivity index (χ1v) is 7.13. The van der Waals surface area contributed by atoms with Gasteiger partial charge in [0, 0.05) is 10.0 Å². The molecular formula is C16H15BrN2O2. The minimum Gasteiger partial charge on any atom is -0.497 e. The Morgan fingerprint density at radius 3 is 2.57 bits per heavy atom. The van der Waals surface area contributed by atoms with E-state index in [-0.39, 0.29) is 5.91 Å². The fourth-order valence-corrected chi connectivity index (χ4v) is 2.03. The second-order valence-corrected chi connectivity index (χ2v) is 5.29. The molecule has 0 spiro atoms. The lowest BCUT2D eigenvalue weighted by Crippen LogP contribution is -2.17. The number of hydrogen-bond donors (Lipinski definition) is 1. The third-order valence-corrected chi connectivity index (χ3v) is 3.78. The van der Waals surface area contributed by atoms with Crippen molar-refractivity contribution < 1.29 is 9.53 Å². The number of carbonyl (C=O) groups excluding carboxylic acids is 1. The fourth-order valence-electron chi connectivity index (χ4n) is 1.65. The molecule has 2 rings (SSSR count). The highest BCUT2D eigenvalue weighted by Crippen LogP contribution is 2.17. The number of hydrogen-bond acceptors (Lipinski definition) is 3. The molecule has 5 heteroatoms. The molecule has 0 saturated carbocycles. The van der Waals surface area contributed by atoms with Gasteiger partial charge in [-0.05, 0) is 54.4 Å². The highest BCUT2D eigenvalue weighted by molar-refractivity contribution is 9.10. The number of benzene rings is 2. The Morgan fingerprint density at radius 2 is 1.95 bits per heavy atom. The summed E-state index contributed by atoms with van der Waals surface area (Å²) >= 11 is 3.40. The summed E-state index contributed by atoms with van der Waals surface area (Å²) in [6.07, 6.45) is 1.58. The van der Waals surface area contributed by atoms with Gasteiger partial charge in [0.25, 0.3) is 5.91 Å². The van der Waals surface area contributed by atoms with E-state index in [0.717, 1.165) is 21.3 Å². The first-order valence-electron chi connectivity index (χ1n) is 6.34. The fraction of sp³-hybridized carbons (Fsp3) is 0.125. The van der Waals surface area contributed by atoms with Gasteiger partial charge in [0.1, 0.15) is 5.75 Å². The summed E-state index contributed by atoms with van der Waals surface area (Å²) in [5.41, 5.74) is 5.01. The van der Waals surface area contributed by atoms with E-state index in [0.29, 0.717) is 5.56 Å². The number of rotatable bonds is 4. The highest BCUT2D eigenvalue weighted by atomic mass is 79.9. The quantitative estimate of drug-likeness (QED) is 0.680. The van der Waals surface area contributed by atoms with Crippen molar-refractivity contribution in [2.75, 3.05) is 7.11 Å². The molecule has 0 fully saturated rings. The zero-order valence-electron chi connectivity index (χ0n) is 11.8. The van der Waals surface area contributed by atoms with Crippen molar-refractivity contribution in [3.63, 3.8) is 0 Å². The summed E-state index contributed by atoms with van der Waals surface area (Å²) < 4.78 is 5.97. The molecule has 4 nitrogen and oxygen atoms in total. The lowest BCUT2D eigenvalue weighted by molar-refractivity contribution is 0.0955. The van der Waals surface area contributed by atoms with Gasteiger partial charge in [-0.2, -0.15) is 5.10 Å². The zero-order valence-corrected chi connectivity index (χ0v) is 13.3. The van der Waals surface area contributed by atoms with Crippen LogP contribution in [0.15, 0.2) is 52.0 Å². The SMILES string of the molecule is COc1ccc(/C=N/NC(=O)c2ccc(C)c(Br)c2)cc1. The lowest BCUT2D eigenvalue weighted by Gasteiger charge is -2.03. The van der Waals surface area contributed by atoms with Crippen LogP contribution >= 0.6 is 15.9 Å². The van der Waals surface area contributed by atoms with Crippen LogP contribution in [-0.4, -0.2) is 19.2 Å². The third kappa shape index (κ3) is 4.16. The summed E-state index contributed by atoms with van der Waals surface area (Å²) in [6.45, 7) is 1.97.